The van der Waals surface area contributed by atoms with Crippen LogP contribution in [0.2, 0.25) is 0 Å². The van der Waals surface area contributed by atoms with E-state index in [4.69, 9.17) is 9.47 Å². The van der Waals surface area contributed by atoms with E-state index in [2.05, 4.69) is 10.3 Å². The van der Waals surface area contributed by atoms with Crippen molar-refractivity contribution in [2.75, 3.05) is 19.0 Å². The van der Waals surface area contributed by atoms with Gasteiger partial charge in [0.2, 0.25) is 0 Å². The summed E-state index contributed by atoms with van der Waals surface area (Å²) in [5.41, 5.74) is 1.11. The molecule has 160 valence electrons. The van der Waals surface area contributed by atoms with Gasteiger partial charge in [-0.2, -0.15) is 0 Å². The molecule has 3 aromatic rings. The highest BCUT2D eigenvalue weighted by Crippen LogP contribution is 2.23. The van der Waals surface area contributed by atoms with Crippen molar-refractivity contribution in [2.45, 2.75) is 32.2 Å². The molecule has 0 unspecified atom stereocenters. The van der Waals surface area contributed by atoms with Gasteiger partial charge in [0.25, 0.3) is 11.5 Å². The Bertz CT molecular complexity index is 1200. The van der Waals surface area contributed by atoms with E-state index >= 15 is 0 Å². The summed E-state index contributed by atoms with van der Waals surface area (Å²) in [5, 5.41) is 3.12. The van der Waals surface area contributed by atoms with E-state index < -0.39 is 18.5 Å². The van der Waals surface area contributed by atoms with Gasteiger partial charge in [0.05, 0.1) is 29.3 Å². The lowest BCUT2D eigenvalue weighted by molar-refractivity contribution is -0.119. The lowest BCUT2D eigenvalue weighted by atomic mass is 10.1. The molecule has 0 bridgehead atoms. The number of nitrogens with one attached hydrogen (secondary N) is 1. The van der Waals surface area contributed by atoms with Gasteiger partial charge in [-0.05, 0) is 43.2 Å². The van der Waals surface area contributed by atoms with E-state index in [1.807, 2.05) is 0 Å². The van der Waals surface area contributed by atoms with Crippen molar-refractivity contribution in [2.24, 2.45) is 0 Å². The molecule has 0 saturated heterocycles. The minimum atomic E-state index is -0.658. The number of ether oxygens (including phenoxy) is 2. The van der Waals surface area contributed by atoms with Crippen LogP contribution >= 0.6 is 0 Å². The third kappa shape index (κ3) is 4.42. The summed E-state index contributed by atoms with van der Waals surface area (Å²) >= 11 is 0. The second kappa shape index (κ2) is 8.99. The molecular weight excluding hydrogens is 398 g/mol. The Morgan fingerprint density at radius 2 is 1.97 bits per heavy atom. The molecule has 8 heteroatoms. The van der Waals surface area contributed by atoms with Crippen molar-refractivity contribution in [3.05, 3.63) is 64.2 Å². The number of hydrogen-bond donors (Lipinski definition) is 1. The predicted octanol–water partition coefficient (Wildman–Crippen LogP) is 2.93. The van der Waals surface area contributed by atoms with Gasteiger partial charge in [-0.25, -0.2) is 9.78 Å². The van der Waals surface area contributed by atoms with Crippen molar-refractivity contribution >= 4 is 28.5 Å². The maximum Gasteiger partial charge on any atom is 0.338 e. The SMILES string of the molecule is COc1ccccc1NC(=O)COC(=O)c1ccc2c(=O)n3c(nc2c1)CCCCC3. The van der Waals surface area contributed by atoms with Gasteiger partial charge < -0.3 is 14.8 Å². The molecule has 4 rings (SSSR count). The summed E-state index contributed by atoms with van der Waals surface area (Å²) in [6, 6.07) is 11.6. The smallest absolute Gasteiger partial charge is 0.338 e. The molecule has 0 aliphatic carbocycles. The maximum atomic E-state index is 12.8. The van der Waals surface area contributed by atoms with Gasteiger partial charge in [0.1, 0.15) is 11.6 Å². The maximum absolute atomic E-state index is 12.8. The molecule has 2 heterocycles. The minimum Gasteiger partial charge on any atom is -0.495 e. The molecule has 0 atom stereocenters. The van der Waals surface area contributed by atoms with E-state index in [1.54, 1.807) is 41.0 Å². The number of amides is 1. The molecule has 1 aromatic heterocycles. The summed E-state index contributed by atoms with van der Waals surface area (Å²) in [5.74, 6) is 0.110. The lowest BCUT2D eigenvalue weighted by Gasteiger charge is -2.11. The first-order valence-electron chi connectivity index (χ1n) is 10.2. The van der Waals surface area contributed by atoms with Crippen molar-refractivity contribution < 1.29 is 19.1 Å². The van der Waals surface area contributed by atoms with Gasteiger partial charge in [-0.15, -0.1) is 0 Å². The van der Waals surface area contributed by atoms with Crippen molar-refractivity contribution in [1.29, 1.82) is 0 Å². The number of nitrogens with zero attached hydrogens (tertiary/aromatic N) is 2. The summed E-state index contributed by atoms with van der Waals surface area (Å²) in [4.78, 5) is 42.0. The average Bonchev–Trinajstić information content (AvgIpc) is 3.03. The monoisotopic (exact) mass is 421 g/mol. The van der Waals surface area contributed by atoms with Crippen molar-refractivity contribution in [3.8, 4) is 5.75 Å². The van der Waals surface area contributed by atoms with Gasteiger partial charge in [-0.1, -0.05) is 18.6 Å². The Morgan fingerprint density at radius 3 is 2.81 bits per heavy atom. The number of para-hydroxylation sites is 2. The number of anilines is 1. The van der Waals surface area contributed by atoms with E-state index in [9.17, 15) is 14.4 Å². The van der Waals surface area contributed by atoms with E-state index in [0.717, 1.165) is 31.5 Å². The number of benzene rings is 2. The number of carbonyl (C=O) groups excluding carboxylic acids is 2. The molecule has 1 aliphatic heterocycles. The number of rotatable bonds is 5. The number of carbonyl (C=O) groups is 2. The highest BCUT2D eigenvalue weighted by atomic mass is 16.5. The molecule has 31 heavy (non-hydrogen) atoms. The number of esters is 1. The number of hydrogen-bond acceptors (Lipinski definition) is 6. The van der Waals surface area contributed by atoms with Crippen LogP contribution < -0.4 is 15.6 Å². The Kier molecular flexibility index (Phi) is 5.97. The number of fused-ring (bicyclic) bond motifs is 2. The quantitative estimate of drug-likeness (QED) is 0.636. The fraction of sp³-hybridized carbons (Fsp3) is 0.304. The Morgan fingerprint density at radius 1 is 1.13 bits per heavy atom. The number of aromatic nitrogens is 2. The van der Waals surface area contributed by atoms with Crippen LogP contribution in [0.3, 0.4) is 0 Å². The van der Waals surface area contributed by atoms with E-state index in [0.29, 0.717) is 28.9 Å². The molecule has 0 radical (unpaired) electrons. The second-order valence-corrected chi connectivity index (χ2v) is 7.35. The van der Waals surface area contributed by atoms with Gasteiger partial charge in [0.15, 0.2) is 6.61 Å². The van der Waals surface area contributed by atoms with Crippen LogP contribution in [0, 0.1) is 0 Å². The Balaban J connectivity index is 1.47. The summed E-state index contributed by atoms with van der Waals surface area (Å²) in [6.45, 7) is 0.220. The topological polar surface area (TPSA) is 99.5 Å². The molecule has 8 nitrogen and oxygen atoms in total. The van der Waals surface area contributed by atoms with Crippen LogP contribution in [0.25, 0.3) is 10.9 Å². The first-order valence-corrected chi connectivity index (χ1v) is 10.2. The molecule has 1 aliphatic rings. The standard InChI is InChI=1S/C23H23N3O5/c1-30-19-8-5-4-7-17(19)25-21(27)14-31-23(29)15-10-11-16-18(13-15)24-20-9-3-2-6-12-26(20)22(16)28/h4-5,7-8,10-11,13H,2-3,6,9,12,14H2,1H3,(H,25,27). The Labute approximate surface area is 178 Å². The second-order valence-electron chi connectivity index (χ2n) is 7.35. The molecule has 0 fully saturated rings. The highest BCUT2D eigenvalue weighted by molar-refractivity contribution is 5.97. The largest absolute Gasteiger partial charge is 0.495 e. The molecule has 1 amide bonds. The van der Waals surface area contributed by atoms with Crippen molar-refractivity contribution in [1.82, 2.24) is 9.55 Å². The fourth-order valence-electron chi connectivity index (χ4n) is 3.69. The Hall–Kier alpha value is -3.68. The normalized spacial score (nSPS) is 13.2. The van der Waals surface area contributed by atoms with Crippen molar-refractivity contribution in [3.63, 3.8) is 0 Å². The van der Waals surface area contributed by atoms with Gasteiger partial charge >= 0.3 is 5.97 Å². The third-order valence-electron chi connectivity index (χ3n) is 5.27. The fourth-order valence-corrected chi connectivity index (χ4v) is 3.69. The van der Waals surface area contributed by atoms with Gasteiger partial charge in [-0.3, -0.25) is 14.2 Å². The van der Waals surface area contributed by atoms with Crippen LogP contribution in [0.15, 0.2) is 47.3 Å². The van der Waals surface area contributed by atoms with E-state index in [-0.39, 0.29) is 11.1 Å². The molecule has 0 spiro atoms. The molecular formula is C23H23N3O5. The van der Waals surface area contributed by atoms with Crippen LogP contribution in [-0.2, 0) is 22.5 Å². The summed E-state index contributed by atoms with van der Waals surface area (Å²) in [7, 11) is 1.50. The van der Waals surface area contributed by atoms with Gasteiger partial charge in [0, 0.05) is 13.0 Å². The van der Waals surface area contributed by atoms with Crippen LogP contribution in [0.5, 0.6) is 5.75 Å². The average molecular weight is 421 g/mol. The first kappa shape index (κ1) is 20.6. The van der Waals surface area contributed by atoms with Crippen LogP contribution in [0.1, 0.15) is 35.4 Å². The number of aryl methyl sites for hydroxylation is 1. The zero-order valence-corrected chi connectivity index (χ0v) is 17.2. The molecule has 2 aromatic carbocycles. The van der Waals surface area contributed by atoms with Crippen LogP contribution in [-0.4, -0.2) is 35.1 Å². The molecule has 0 saturated carbocycles. The van der Waals surface area contributed by atoms with E-state index in [1.165, 1.54) is 13.2 Å². The highest BCUT2D eigenvalue weighted by Gasteiger charge is 2.17. The zero-order valence-electron chi connectivity index (χ0n) is 17.2. The summed E-state index contributed by atoms with van der Waals surface area (Å²) in [6.07, 6.45) is 3.75. The molecule has 1 N–H and O–H groups in total. The number of methoxy groups -OCH3 is 1. The zero-order chi connectivity index (χ0) is 21.8. The summed E-state index contributed by atoms with van der Waals surface area (Å²) < 4.78 is 12.1. The predicted molar refractivity (Wildman–Crippen MR) is 115 cm³/mol. The lowest BCUT2D eigenvalue weighted by Crippen LogP contribution is -2.25. The first-order chi connectivity index (χ1) is 15.1. The van der Waals surface area contributed by atoms with Crippen LogP contribution in [0.4, 0.5) is 5.69 Å². The third-order valence-corrected chi connectivity index (χ3v) is 5.27. The minimum absolute atomic E-state index is 0.0852.